The topological polar surface area (TPSA) is 154 Å². The quantitative estimate of drug-likeness (QED) is 0.0282. The monoisotopic (exact) mass is 698 g/mol. The van der Waals surface area contributed by atoms with E-state index in [4.69, 9.17) is 0 Å². The maximum absolute atomic E-state index is 12.7. The van der Waals surface area contributed by atoms with Crippen LogP contribution in [0, 0.1) is 0 Å². The first-order chi connectivity index (χ1) is 23.8. The number of rotatable bonds is 31. The molecule has 0 saturated heterocycles. The average molecular weight is 698 g/mol. The summed E-state index contributed by atoms with van der Waals surface area (Å²) in [6.07, 6.45) is 29.1. The Balaban J connectivity index is 2.09. The van der Waals surface area contributed by atoms with Gasteiger partial charge < -0.3 is 41.5 Å². The Kier molecular flexibility index (Phi) is 29.4. The van der Waals surface area contributed by atoms with Crippen LogP contribution in [-0.4, -0.2) is 87.3 Å². The van der Waals surface area contributed by atoms with Crippen molar-refractivity contribution in [1.29, 1.82) is 0 Å². The van der Waals surface area contributed by atoms with Crippen molar-refractivity contribution < 1.29 is 30.3 Å². The van der Waals surface area contributed by atoms with Crippen molar-refractivity contribution in [3.63, 3.8) is 0 Å². The minimum atomic E-state index is -1.34. The standard InChI is InChI=1S/C40H79N3O6/c1-3-5-6-7-8-9-10-11-12-13-14-15-16-17-18-19-20-21-22-23-24-27-30-41-40(49)43-35(37(46)31-33(44)4-2)32-42-34-28-25-26-29-36(45)39(48)38(34)47/h26,29,33-39,42,44-48H,3-25,27-28,30-32H2,1-2H3,(H2,41,43,49)/b29-26-. The smallest absolute Gasteiger partial charge is 0.315 e. The fourth-order valence-electron chi connectivity index (χ4n) is 6.79. The lowest BCUT2D eigenvalue weighted by Gasteiger charge is -2.33. The number of hydrogen-bond donors (Lipinski definition) is 8. The normalized spacial score (nSPS) is 22.2. The van der Waals surface area contributed by atoms with Crippen LogP contribution in [0.25, 0.3) is 0 Å². The molecule has 7 unspecified atom stereocenters. The fraction of sp³-hybridized carbons (Fsp3) is 0.925. The second kappa shape index (κ2) is 31.5. The Hall–Kier alpha value is -1.23. The van der Waals surface area contributed by atoms with Crippen LogP contribution in [0.4, 0.5) is 4.79 Å². The summed E-state index contributed by atoms with van der Waals surface area (Å²) in [5.74, 6) is 0. The van der Waals surface area contributed by atoms with Crippen LogP contribution in [0.3, 0.4) is 0 Å². The second-order valence-corrected chi connectivity index (χ2v) is 14.8. The van der Waals surface area contributed by atoms with Gasteiger partial charge in [-0.25, -0.2) is 4.79 Å². The van der Waals surface area contributed by atoms with Crippen molar-refractivity contribution in [2.24, 2.45) is 0 Å². The molecule has 290 valence electrons. The van der Waals surface area contributed by atoms with Crippen LogP contribution in [0.2, 0.25) is 0 Å². The summed E-state index contributed by atoms with van der Waals surface area (Å²) in [5.41, 5.74) is 0. The summed E-state index contributed by atoms with van der Waals surface area (Å²) in [6.45, 7) is 4.80. The molecule has 7 atom stereocenters. The van der Waals surface area contributed by atoms with Gasteiger partial charge in [0.1, 0.15) is 12.2 Å². The third kappa shape index (κ3) is 24.6. The predicted molar refractivity (Wildman–Crippen MR) is 203 cm³/mol. The summed E-state index contributed by atoms with van der Waals surface area (Å²) in [6, 6.07) is -1.62. The summed E-state index contributed by atoms with van der Waals surface area (Å²) in [7, 11) is 0. The largest absolute Gasteiger partial charge is 0.393 e. The van der Waals surface area contributed by atoms with Gasteiger partial charge in [-0.15, -0.1) is 0 Å². The van der Waals surface area contributed by atoms with Gasteiger partial charge in [-0.3, -0.25) is 0 Å². The van der Waals surface area contributed by atoms with Crippen LogP contribution >= 0.6 is 0 Å². The van der Waals surface area contributed by atoms with Crippen molar-refractivity contribution in [2.75, 3.05) is 13.1 Å². The highest BCUT2D eigenvalue weighted by Crippen LogP contribution is 2.17. The molecule has 0 bridgehead atoms. The Morgan fingerprint density at radius 3 is 1.63 bits per heavy atom. The molecule has 0 spiro atoms. The highest BCUT2D eigenvalue weighted by molar-refractivity contribution is 5.74. The van der Waals surface area contributed by atoms with Crippen LogP contribution < -0.4 is 16.0 Å². The third-order valence-corrected chi connectivity index (χ3v) is 10.3. The molecule has 0 fully saturated rings. The van der Waals surface area contributed by atoms with E-state index in [1.807, 2.05) is 6.92 Å². The molecular formula is C40H79N3O6. The van der Waals surface area contributed by atoms with E-state index in [2.05, 4.69) is 22.9 Å². The van der Waals surface area contributed by atoms with E-state index in [0.717, 1.165) is 12.8 Å². The maximum Gasteiger partial charge on any atom is 0.315 e. The molecule has 9 nitrogen and oxygen atoms in total. The van der Waals surface area contributed by atoms with Crippen molar-refractivity contribution in [3.8, 4) is 0 Å². The molecule has 2 amide bonds. The van der Waals surface area contributed by atoms with Gasteiger partial charge in [0, 0.05) is 25.6 Å². The van der Waals surface area contributed by atoms with E-state index in [-0.39, 0.29) is 19.0 Å². The number of hydrogen-bond acceptors (Lipinski definition) is 7. The molecule has 0 radical (unpaired) electrons. The SMILES string of the molecule is CCCCCCCCCCCCCCCCCCCCCCCCNC(=O)NC(CNC1CC/C=C\C(O)C(O)C1O)C(O)CC(O)CC. The van der Waals surface area contributed by atoms with E-state index in [1.165, 1.54) is 134 Å². The van der Waals surface area contributed by atoms with Crippen molar-refractivity contribution in [3.05, 3.63) is 12.2 Å². The molecule has 0 aromatic rings. The molecular weight excluding hydrogens is 618 g/mol. The lowest BCUT2D eigenvalue weighted by atomic mass is 9.93. The third-order valence-electron chi connectivity index (χ3n) is 10.3. The number of aliphatic hydroxyl groups excluding tert-OH is 5. The molecule has 1 aliphatic rings. The van der Waals surface area contributed by atoms with Gasteiger partial charge >= 0.3 is 6.03 Å². The predicted octanol–water partition coefficient (Wildman–Crippen LogP) is 7.17. The number of aliphatic hydroxyl groups is 5. The minimum absolute atomic E-state index is 0.111. The maximum atomic E-state index is 12.7. The lowest BCUT2D eigenvalue weighted by molar-refractivity contribution is -0.0593. The highest BCUT2D eigenvalue weighted by Gasteiger charge is 2.32. The summed E-state index contributed by atoms with van der Waals surface area (Å²) in [4.78, 5) is 12.7. The number of allylic oxidation sites excluding steroid dienone is 1. The highest BCUT2D eigenvalue weighted by atomic mass is 16.4. The molecule has 1 aliphatic carbocycles. The average Bonchev–Trinajstić information content (AvgIpc) is 3.09. The Labute approximate surface area is 300 Å². The van der Waals surface area contributed by atoms with Crippen molar-refractivity contribution in [2.45, 2.75) is 223 Å². The van der Waals surface area contributed by atoms with Crippen molar-refractivity contribution in [1.82, 2.24) is 16.0 Å². The zero-order chi connectivity index (χ0) is 36.0. The first-order valence-electron chi connectivity index (χ1n) is 20.6. The van der Waals surface area contributed by atoms with Gasteiger partial charge in [0.25, 0.3) is 0 Å². The van der Waals surface area contributed by atoms with Crippen LogP contribution in [0.15, 0.2) is 12.2 Å². The molecule has 9 heteroatoms. The minimum Gasteiger partial charge on any atom is -0.393 e. The molecule has 0 aromatic heterocycles. The molecule has 1 rings (SSSR count). The summed E-state index contributed by atoms with van der Waals surface area (Å²) >= 11 is 0. The molecule has 0 saturated carbocycles. The van der Waals surface area contributed by atoms with Gasteiger partial charge in [-0.1, -0.05) is 161 Å². The van der Waals surface area contributed by atoms with Gasteiger partial charge in [-0.2, -0.15) is 0 Å². The zero-order valence-electron chi connectivity index (χ0n) is 31.6. The lowest BCUT2D eigenvalue weighted by Crippen LogP contribution is -2.57. The second-order valence-electron chi connectivity index (χ2n) is 14.8. The fourth-order valence-corrected chi connectivity index (χ4v) is 6.79. The van der Waals surface area contributed by atoms with E-state index in [1.54, 1.807) is 6.08 Å². The van der Waals surface area contributed by atoms with E-state index in [9.17, 15) is 30.3 Å². The molecule has 8 N–H and O–H groups in total. The molecule has 0 aliphatic heterocycles. The van der Waals surface area contributed by atoms with Crippen LogP contribution in [-0.2, 0) is 0 Å². The number of carbonyl (C=O) groups is 1. The van der Waals surface area contributed by atoms with Crippen LogP contribution in [0.5, 0.6) is 0 Å². The van der Waals surface area contributed by atoms with Gasteiger partial charge in [0.05, 0.1) is 24.4 Å². The molecule has 0 aromatic carbocycles. The molecule has 49 heavy (non-hydrogen) atoms. The van der Waals surface area contributed by atoms with Crippen LogP contribution in [0.1, 0.15) is 181 Å². The summed E-state index contributed by atoms with van der Waals surface area (Å²) in [5, 5.41) is 60.6. The van der Waals surface area contributed by atoms with Crippen molar-refractivity contribution >= 4 is 6.03 Å². The molecule has 0 heterocycles. The zero-order valence-corrected chi connectivity index (χ0v) is 31.6. The van der Waals surface area contributed by atoms with Gasteiger partial charge in [0.15, 0.2) is 0 Å². The number of urea groups is 1. The first kappa shape index (κ1) is 45.8. The Morgan fingerprint density at radius 2 is 1.16 bits per heavy atom. The van der Waals surface area contributed by atoms with Gasteiger partial charge in [0.2, 0.25) is 0 Å². The Morgan fingerprint density at radius 1 is 0.694 bits per heavy atom. The Bertz CT molecular complexity index is 787. The number of amides is 2. The van der Waals surface area contributed by atoms with Gasteiger partial charge in [-0.05, 0) is 25.7 Å². The number of carbonyl (C=O) groups excluding carboxylic acids is 1. The van der Waals surface area contributed by atoms with E-state index in [0.29, 0.717) is 25.8 Å². The summed E-state index contributed by atoms with van der Waals surface area (Å²) < 4.78 is 0. The first-order valence-corrected chi connectivity index (χ1v) is 20.6. The van der Waals surface area contributed by atoms with E-state index >= 15 is 0 Å². The van der Waals surface area contributed by atoms with E-state index < -0.39 is 42.6 Å². The number of unbranched alkanes of at least 4 members (excludes halogenated alkanes) is 21. The number of nitrogens with one attached hydrogen (secondary N) is 3.